The summed E-state index contributed by atoms with van der Waals surface area (Å²) in [4.78, 5) is 4.55. The summed E-state index contributed by atoms with van der Waals surface area (Å²) in [6.45, 7) is 1.83. The molecule has 2 rings (SSSR count). The Morgan fingerprint density at radius 1 is 1.40 bits per heavy atom. The van der Waals surface area contributed by atoms with Gasteiger partial charge in [0.15, 0.2) is 0 Å². The molecule has 2 nitrogen and oxygen atoms in total. The van der Waals surface area contributed by atoms with E-state index in [0.29, 0.717) is 0 Å². The van der Waals surface area contributed by atoms with Crippen LogP contribution in [0.4, 0.5) is 0 Å². The molecule has 0 aliphatic heterocycles. The normalized spacial score (nSPS) is 13.2. The number of para-hydroxylation sites is 1. The molecule has 0 aliphatic rings. The van der Waals surface area contributed by atoms with E-state index in [-0.39, 0.29) is 6.10 Å². The van der Waals surface area contributed by atoms with Crippen LogP contribution in [-0.2, 0) is 6.42 Å². The number of rotatable bonds is 4. The highest BCUT2D eigenvalue weighted by atomic mass is 32.1. The van der Waals surface area contributed by atoms with Gasteiger partial charge in [-0.2, -0.15) is 0 Å². The van der Waals surface area contributed by atoms with Gasteiger partial charge < -0.3 is 5.11 Å². The second-order valence-electron chi connectivity index (χ2n) is 3.82. The van der Waals surface area contributed by atoms with Gasteiger partial charge in [-0.15, -0.1) is 11.3 Å². The van der Waals surface area contributed by atoms with Crippen molar-refractivity contribution in [1.82, 2.24) is 4.98 Å². The molecule has 0 unspecified atom stereocenters. The van der Waals surface area contributed by atoms with E-state index >= 15 is 0 Å². The van der Waals surface area contributed by atoms with Crippen molar-refractivity contribution in [3.05, 3.63) is 29.3 Å². The quantitative estimate of drug-likeness (QED) is 0.861. The fraction of sp³-hybridized carbons (Fsp3) is 0.417. The molecule has 1 N–H and O–H groups in total. The number of aryl methyl sites for hydroxylation is 1. The first-order valence-electron chi connectivity index (χ1n) is 5.28. The fourth-order valence-corrected chi connectivity index (χ4v) is 2.58. The Hall–Kier alpha value is -0.930. The molecule has 0 radical (unpaired) electrons. The van der Waals surface area contributed by atoms with Crippen molar-refractivity contribution < 1.29 is 5.11 Å². The average molecular weight is 221 g/mol. The van der Waals surface area contributed by atoms with Gasteiger partial charge in [0.2, 0.25) is 0 Å². The van der Waals surface area contributed by atoms with Gasteiger partial charge in [-0.3, -0.25) is 0 Å². The number of thiazole rings is 1. The van der Waals surface area contributed by atoms with Crippen LogP contribution < -0.4 is 0 Å². The van der Waals surface area contributed by atoms with Crippen LogP contribution in [0.1, 0.15) is 24.8 Å². The molecule has 3 heteroatoms. The number of aliphatic hydroxyl groups is 1. The topological polar surface area (TPSA) is 33.1 Å². The highest BCUT2D eigenvalue weighted by Crippen LogP contribution is 2.22. The van der Waals surface area contributed by atoms with E-state index in [1.807, 2.05) is 25.1 Å². The minimum absolute atomic E-state index is 0.195. The largest absolute Gasteiger partial charge is 0.393 e. The number of benzene rings is 1. The molecule has 0 fully saturated rings. The summed E-state index contributed by atoms with van der Waals surface area (Å²) < 4.78 is 1.25. The molecule has 0 saturated heterocycles. The van der Waals surface area contributed by atoms with Gasteiger partial charge in [-0.25, -0.2) is 4.98 Å². The maximum Gasteiger partial charge on any atom is 0.0938 e. The van der Waals surface area contributed by atoms with E-state index in [1.165, 1.54) is 9.71 Å². The molecule has 1 aromatic heterocycles. The van der Waals surface area contributed by atoms with Gasteiger partial charge >= 0.3 is 0 Å². The summed E-state index contributed by atoms with van der Waals surface area (Å²) in [5, 5.41) is 10.3. The average Bonchev–Trinajstić information content (AvgIpc) is 2.59. The van der Waals surface area contributed by atoms with Crippen LogP contribution in [0.15, 0.2) is 24.3 Å². The van der Waals surface area contributed by atoms with Crippen molar-refractivity contribution in [1.29, 1.82) is 0 Å². The molecule has 0 saturated carbocycles. The zero-order chi connectivity index (χ0) is 10.7. The molecule has 0 bridgehead atoms. The van der Waals surface area contributed by atoms with Crippen molar-refractivity contribution in [2.45, 2.75) is 32.3 Å². The highest BCUT2D eigenvalue weighted by Gasteiger charge is 2.03. The maximum absolute atomic E-state index is 9.15. The zero-order valence-corrected chi connectivity index (χ0v) is 9.63. The Morgan fingerprint density at radius 3 is 2.93 bits per heavy atom. The number of aliphatic hydroxyl groups excluding tert-OH is 1. The molecule has 0 aliphatic carbocycles. The van der Waals surface area contributed by atoms with Gasteiger partial charge in [0.05, 0.1) is 21.3 Å². The number of fused-ring (bicyclic) bond motifs is 1. The third-order valence-electron chi connectivity index (χ3n) is 2.35. The second kappa shape index (κ2) is 4.73. The lowest BCUT2D eigenvalue weighted by atomic mass is 10.2. The monoisotopic (exact) mass is 221 g/mol. The predicted molar refractivity (Wildman–Crippen MR) is 64.2 cm³/mol. The smallest absolute Gasteiger partial charge is 0.0938 e. The summed E-state index contributed by atoms with van der Waals surface area (Å²) in [7, 11) is 0. The van der Waals surface area contributed by atoms with Gasteiger partial charge in [-0.1, -0.05) is 12.1 Å². The number of aromatic nitrogens is 1. The first kappa shape index (κ1) is 10.6. The Bertz CT molecular complexity index is 403. The first-order valence-corrected chi connectivity index (χ1v) is 6.10. The van der Waals surface area contributed by atoms with Crippen molar-refractivity contribution in [3.8, 4) is 0 Å². The highest BCUT2D eigenvalue weighted by molar-refractivity contribution is 7.18. The molecular formula is C12H15NOS. The minimum atomic E-state index is -0.195. The van der Waals surface area contributed by atoms with Gasteiger partial charge in [0.25, 0.3) is 0 Å². The van der Waals surface area contributed by atoms with Gasteiger partial charge in [0.1, 0.15) is 0 Å². The van der Waals surface area contributed by atoms with Crippen molar-refractivity contribution in [3.63, 3.8) is 0 Å². The van der Waals surface area contributed by atoms with E-state index in [0.717, 1.165) is 24.8 Å². The molecule has 1 heterocycles. The van der Waals surface area contributed by atoms with Crippen LogP contribution in [0.2, 0.25) is 0 Å². The van der Waals surface area contributed by atoms with Crippen LogP contribution in [0.3, 0.4) is 0 Å². The van der Waals surface area contributed by atoms with Crippen LogP contribution >= 0.6 is 11.3 Å². The molecule has 1 aromatic carbocycles. The van der Waals surface area contributed by atoms with E-state index in [9.17, 15) is 0 Å². The lowest BCUT2D eigenvalue weighted by molar-refractivity contribution is 0.182. The molecule has 0 amide bonds. The first-order chi connectivity index (χ1) is 7.25. The summed E-state index contributed by atoms with van der Waals surface area (Å²) in [5.41, 5.74) is 1.09. The van der Waals surface area contributed by atoms with E-state index in [4.69, 9.17) is 5.11 Å². The predicted octanol–water partition coefficient (Wildman–Crippen LogP) is 3.00. The summed E-state index contributed by atoms with van der Waals surface area (Å²) in [6.07, 6.45) is 2.65. The Labute approximate surface area is 93.6 Å². The number of nitrogens with zero attached hydrogens (tertiary/aromatic N) is 1. The molecule has 15 heavy (non-hydrogen) atoms. The van der Waals surface area contributed by atoms with Crippen LogP contribution in [0, 0.1) is 0 Å². The summed E-state index contributed by atoms with van der Waals surface area (Å²) in [6, 6.07) is 8.21. The van der Waals surface area contributed by atoms with Crippen molar-refractivity contribution >= 4 is 21.6 Å². The fourth-order valence-electron chi connectivity index (χ4n) is 1.58. The van der Waals surface area contributed by atoms with E-state index in [2.05, 4.69) is 11.1 Å². The molecule has 80 valence electrons. The van der Waals surface area contributed by atoms with E-state index < -0.39 is 0 Å². The second-order valence-corrected chi connectivity index (χ2v) is 4.93. The molecule has 0 spiro atoms. The lowest BCUT2D eigenvalue weighted by Crippen LogP contribution is -1.99. The number of hydrogen-bond donors (Lipinski definition) is 1. The Balaban J connectivity index is 2.03. The summed E-state index contributed by atoms with van der Waals surface area (Å²) >= 11 is 1.76. The van der Waals surface area contributed by atoms with Crippen molar-refractivity contribution in [2.24, 2.45) is 0 Å². The van der Waals surface area contributed by atoms with Gasteiger partial charge in [0, 0.05) is 0 Å². The van der Waals surface area contributed by atoms with Crippen LogP contribution in [0.25, 0.3) is 10.2 Å². The van der Waals surface area contributed by atoms with Crippen molar-refractivity contribution in [2.75, 3.05) is 0 Å². The third-order valence-corrected chi connectivity index (χ3v) is 3.45. The van der Waals surface area contributed by atoms with Gasteiger partial charge in [-0.05, 0) is 38.3 Å². The number of hydrogen-bond acceptors (Lipinski definition) is 3. The molecule has 1 atom stereocenters. The van der Waals surface area contributed by atoms with Crippen LogP contribution in [-0.4, -0.2) is 16.2 Å². The lowest BCUT2D eigenvalue weighted by Gasteiger charge is -2.00. The maximum atomic E-state index is 9.15. The Kier molecular flexibility index (Phi) is 3.34. The third kappa shape index (κ3) is 2.76. The van der Waals surface area contributed by atoms with Crippen LogP contribution in [0.5, 0.6) is 0 Å². The summed E-state index contributed by atoms with van der Waals surface area (Å²) in [5.74, 6) is 0. The minimum Gasteiger partial charge on any atom is -0.393 e. The molecule has 2 aromatic rings. The molecular weight excluding hydrogens is 206 g/mol. The SMILES string of the molecule is C[C@H](O)CCCc1nc2ccccc2s1. The zero-order valence-electron chi connectivity index (χ0n) is 8.81. The van der Waals surface area contributed by atoms with E-state index in [1.54, 1.807) is 11.3 Å². The standard InChI is InChI=1S/C12H15NOS/c1-9(14)5-4-8-12-13-10-6-2-3-7-11(10)15-12/h2-3,6-7,9,14H,4-5,8H2,1H3/t9-/m0/s1. The Morgan fingerprint density at radius 2 is 2.20 bits per heavy atom.